The highest BCUT2D eigenvalue weighted by atomic mass is 35.5. The summed E-state index contributed by atoms with van der Waals surface area (Å²) in [4.78, 5) is 18.8. The zero-order valence-corrected chi connectivity index (χ0v) is 10.1. The van der Waals surface area contributed by atoms with Crippen molar-refractivity contribution in [2.45, 2.75) is 12.8 Å². The van der Waals surface area contributed by atoms with Crippen molar-refractivity contribution in [1.82, 2.24) is 15.3 Å². The molecule has 2 aromatic rings. The Labute approximate surface area is 104 Å². The molecule has 0 aliphatic rings. The molecule has 4 nitrogen and oxygen atoms in total. The number of carbonyl (C=O) groups is 1. The van der Waals surface area contributed by atoms with Gasteiger partial charge in [-0.25, -0.2) is 4.98 Å². The maximum absolute atomic E-state index is 11.2. The molecular weight excluding hydrogens is 238 g/mol. The second-order valence-corrected chi connectivity index (χ2v) is 4.12. The second-order valence-electron chi connectivity index (χ2n) is 3.74. The van der Waals surface area contributed by atoms with Gasteiger partial charge in [0.1, 0.15) is 5.82 Å². The van der Waals surface area contributed by atoms with E-state index in [4.69, 9.17) is 11.6 Å². The number of carbonyl (C=O) groups excluding carboxylic acids is 1. The van der Waals surface area contributed by atoms with E-state index < -0.39 is 0 Å². The highest BCUT2D eigenvalue weighted by Crippen LogP contribution is 2.10. The molecule has 0 bridgehead atoms. The molecule has 0 unspecified atom stereocenters. The van der Waals surface area contributed by atoms with Crippen molar-refractivity contribution >= 4 is 28.5 Å². The Hall–Kier alpha value is -1.55. The highest BCUT2D eigenvalue weighted by molar-refractivity contribution is 6.18. The van der Waals surface area contributed by atoms with Crippen molar-refractivity contribution in [2.75, 3.05) is 12.4 Å². The molecule has 1 aromatic carbocycles. The lowest BCUT2D eigenvalue weighted by molar-refractivity contribution is -0.120. The topological polar surface area (TPSA) is 57.8 Å². The monoisotopic (exact) mass is 251 g/mol. The van der Waals surface area contributed by atoms with Gasteiger partial charge in [-0.2, -0.15) is 0 Å². The van der Waals surface area contributed by atoms with Gasteiger partial charge >= 0.3 is 0 Å². The van der Waals surface area contributed by atoms with Crippen LogP contribution >= 0.6 is 11.6 Å². The zero-order valence-electron chi connectivity index (χ0n) is 9.37. The van der Waals surface area contributed by atoms with E-state index in [0.29, 0.717) is 25.3 Å². The third kappa shape index (κ3) is 3.20. The van der Waals surface area contributed by atoms with Crippen molar-refractivity contribution in [3.05, 3.63) is 30.1 Å². The summed E-state index contributed by atoms with van der Waals surface area (Å²) in [6, 6.07) is 7.86. The van der Waals surface area contributed by atoms with Crippen LogP contribution in [0.4, 0.5) is 0 Å². The summed E-state index contributed by atoms with van der Waals surface area (Å²) in [6.07, 6.45) is 1.06. The zero-order chi connectivity index (χ0) is 12.1. The van der Waals surface area contributed by atoms with Crippen LogP contribution in [0.2, 0.25) is 0 Å². The van der Waals surface area contributed by atoms with E-state index in [1.54, 1.807) is 0 Å². The highest BCUT2D eigenvalue weighted by Gasteiger charge is 2.03. The van der Waals surface area contributed by atoms with Gasteiger partial charge < -0.3 is 10.3 Å². The van der Waals surface area contributed by atoms with Crippen LogP contribution in [0.5, 0.6) is 0 Å². The number of nitrogens with zero attached hydrogens (tertiary/aromatic N) is 1. The minimum atomic E-state index is -0.0175. The van der Waals surface area contributed by atoms with Gasteiger partial charge in [-0.15, -0.1) is 11.6 Å². The predicted octanol–water partition coefficient (Wildman–Crippen LogP) is 1.85. The first kappa shape index (κ1) is 11.9. The number of alkyl halides is 1. The van der Waals surface area contributed by atoms with Gasteiger partial charge in [0.05, 0.1) is 11.0 Å². The lowest BCUT2D eigenvalue weighted by Gasteiger charge is -2.01. The first-order valence-electron chi connectivity index (χ1n) is 5.56. The lowest BCUT2D eigenvalue weighted by atomic mass is 10.3. The van der Waals surface area contributed by atoms with Gasteiger partial charge in [0.15, 0.2) is 0 Å². The second kappa shape index (κ2) is 5.68. The molecule has 1 heterocycles. The van der Waals surface area contributed by atoms with E-state index in [-0.39, 0.29) is 5.91 Å². The fourth-order valence-electron chi connectivity index (χ4n) is 1.62. The molecule has 5 heteroatoms. The lowest BCUT2D eigenvalue weighted by Crippen LogP contribution is -2.25. The number of rotatable bonds is 5. The summed E-state index contributed by atoms with van der Waals surface area (Å²) in [5.41, 5.74) is 1.98. The van der Waals surface area contributed by atoms with E-state index in [9.17, 15) is 4.79 Å². The summed E-state index contributed by atoms with van der Waals surface area (Å²) < 4.78 is 0. The van der Waals surface area contributed by atoms with Crippen LogP contribution in [0, 0.1) is 0 Å². The predicted molar refractivity (Wildman–Crippen MR) is 68.1 cm³/mol. The number of nitrogens with one attached hydrogen (secondary N) is 2. The van der Waals surface area contributed by atoms with E-state index >= 15 is 0 Å². The fraction of sp³-hybridized carbons (Fsp3) is 0.333. The molecule has 0 saturated heterocycles. The summed E-state index contributed by atoms with van der Waals surface area (Å²) >= 11 is 5.47. The van der Waals surface area contributed by atoms with Crippen molar-refractivity contribution < 1.29 is 4.79 Å². The van der Waals surface area contributed by atoms with Gasteiger partial charge in [-0.1, -0.05) is 12.1 Å². The molecule has 0 spiro atoms. The minimum absolute atomic E-state index is 0.0175. The Kier molecular flexibility index (Phi) is 3.98. The molecule has 0 saturated carbocycles. The quantitative estimate of drug-likeness (QED) is 0.797. The number of H-pyrrole nitrogens is 1. The summed E-state index contributed by atoms with van der Waals surface area (Å²) in [5.74, 6) is 1.23. The Morgan fingerprint density at radius 2 is 2.24 bits per heavy atom. The third-order valence-corrected chi connectivity index (χ3v) is 2.63. The number of hydrogen-bond acceptors (Lipinski definition) is 2. The van der Waals surface area contributed by atoms with Crippen LogP contribution in [-0.4, -0.2) is 28.3 Å². The SMILES string of the molecule is O=C(CCCl)NCCc1nc2ccccc2[nH]1. The number of aromatic amines is 1. The molecule has 1 aromatic heterocycles. The minimum Gasteiger partial charge on any atom is -0.356 e. The van der Waals surface area contributed by atoms with E-state index in [2.05, 4.69) is 15.3 Å². The molecule has 0 aliphatic heterocycles. The Balaban J connectivity index is 1.89. The largest absolute Gasteiger partial charge is 0.356 e. The molecule has 0 radical (unpaired) electrons. The number of benzene rings is 1. The molecule has 2 rings (SSSR count). The maximum Gasteiger partial charge on any atom is 0.221 e. The van der Waals surface area contributed by atoms with Gasteiger partial charge in [0, 0.05) is 25.3 Å². The summed E-state index contributed by atoms with van der Waals surface area (Å²) in [5, 5.41) is 2.79. The average Bonchev–Trinajstić information content (AvgIpc) is 2.71. The first-order chi connectivity index (χ1) is 8.29. The Morgan fingerprint density at radius 1 is 1.41 bits per heavy atom. The number of amides is 1. The fourth-order valence-corrected chi connectivity index (χ4v) is 1.79. The van der Waals surface area contributed by atoms with Gasteiger partial charge in [0.2, 0.25) is 5.91 Å². The smallest absolute Gasteiger partial charge is 0.221 e. The van der Waals surface area contributed by atoms with Crippen LogP contribution in [0.15, 0.2) is 24.3 Å². The molecule has 0 aliphatic carbocycles. The number of hydrogen-bond donors (Lipinski definition) is 2. The van der Waals surface area contributed by atoms with Crippen molar-refractivity contribution in [3.8, 4) is 0 Å². The van der Waals surface area contributed by atoms with E-state index in [0.717, 1.165) is 16.9 Å². The molecular formula is C12H14ClN3O. The molecule has 1 amide bonds. The van der Waals surface area contributed by atoms with Crippen LogP contribution in [0.1, 0.15) is 12.2 Å². The molecule has 0 atom stereocenters. The van der Waals surface area contributed by atoms with E-state index in [1.165, 1.54) is 0 Å². The number of aromatic nitrogens is 2. The normalized spacial score (nSPS) is 10.6. The van der Waals surface area contributed by atoms with Crippen molar-refractivity contribution in [2.24, 2.45) is 0 Å². The first-order valence-corrected chi connectivity index (χ1v) is 6.09. The van der Waals surface area contributed by atoms with Gasteiger partial charge in [0.25, 0.3) is 0 Å². The molecule has 0 fully saturated rings. The molecule has 17 heavy (non-hydrogen) atoms. The van der Waals surface area contributed by atoms with Crippen LogP contribution in [-0.2, 0) is 11.2 Å². The average molecular weight is 252 g/mol. The summed E-state index contributed by atoms with van der Waals surface area (Å²) in [6.45, 7) is 0.579. The van der Waals surface area contributed by atoms with Gasteiger partial charge in [-0.3, -0.25) is 4.79 Å². The standard InChI is InChI=1S/C12H14ClN3O/c13-7-5-12(17)14-8-6-11-15-9-3-1-2-4-10(9)16-11/h1-4H,5-8H2,(H,14,17)(H,15,16). The maximum atomic E-state index is 11.2. The van der Waals surface area contributed by atoms with Crippen LogP contribution < -0.4 is 5.32 Å². The Morgan fingerprint density at radius 3 is 3.00 bits per heavy atom. The molecule has 2 N–H and O–H groups in total. The van der Waals surface area contributed by atoms with Crippen LogP contribution in [0.25, 0.3) is 11.0 Å². The number of halogens is 1. The van der Waals surface area contributed by atoms with Crippen molar-refractivity contribution in [1.29, 1.82) is 0 Å². The number of fused-ring (bicyclic) bond motifs is 1. The number of para-hydroxylation sites is 2. The van der Waals surface area contributed by atoms with E-state index in [1.807, 2.05) is 24.3 Å². The Bertz CT molecular complexity index is 476. The number of imidazole rings is 1. The molecule has 90 valence electrons. The summed E-state index contributed by atoms with van der Waals surface area (Å²) in [7, 11) is 0. The van der Waals surface area contributed by atoms with Gasteiger partial charge in [-0.05, 0) is 12.1 Å². The third-order valence-electron chi connectivity index (χ3n) is 2.44. The van der Waals surface area contributed by atoms with Crippen LogP contribution in [0.3, 0.4) is 0 Å². The van der Waals surface area contributed by atoms with Crippen molar-refractivity contribution in [3.63, 3.8) is 0 Å².